The third kappa shape index (κ3) is 3.17. The molecule has 3 nitrogen and oxygen atoms in total. The van der Waals surface area contributed by atoms with Gasteiger partial charge in [-0.15, -0.1) is 0 Å². The normalized spacial score (nSPS) is 23.8. The lowest BCUT2D eigenvalue weighted by Crippen LogP contribution is -2.39. The van der Waals surface area contributed by atoms with E-state index < -0.39 is 0 Å². The number of hydrogen-bond donors (Lipinski definition) is 0. The van der Waals surface area contributed by atoms with Gasteiger partial charge in [0, 0.05) is 31.3 Å². The highest BCUT2D eigenvalue weighted by Gasteiger charge is 2.25. The molecule has 20 heavy (non-hydrogen) atoms. The molecule has 2 fully saturated rings. The van der Waals surface area contributed by atoms with Crippen molar-refractivity contribution < 1.29 is 9.53 Å². The number of piperidine rings is 1. The molecule has 2 heterocycles. The Hall–Kier alpha value is -1.45. The number of benzene rings is 1. The Labute approximate surface area is 120 Å². The average Bonchev–Trinajstić information content (AvgIpc) is 3.03. The molecule has 1 aromatic rings. The summed E-state index contributed by atoms with van der Waals surface area (Å²) >= 11 is 0. The van der Waals surface area contributed by atoms with Gasteiger partial charge < -0.3 is 4.74 Å². The standard InChI is InChI=1S/C17H21NO2/c19-12-16-3-1-14(2-4-16)11-15-5-8-18(9-6-15)17-7-10-20-13-17/h1-4,11-12,17H,5-10,13H2. The molecule has 3 rings (SSSR count). The van der Waals surface area contributed by atoms with E-state index in [4.69, 9.17) is 4.74 Å². The fourth-order valence-electron chi connectivity index (χ4n) is 3.04. The van der Waals surface area contributed by atoms with Crippen LogP contribution in [0.4, 0.5) is 0 Å². The average molecular weight is 271 g/mol. The summed E-state index contributed by atoms with van der Waals surface area (Å²) in [5.74, 6) is 0. The van der Waals surface area contributed by atoms with E-state index >= 15 is 0 Å². The highest BCUT2D eigenvalue weighted by molar-refractivity contribution is 5.75. The van der Waals surface area contributed by atoms with Crippen LogP contribution < -0.4 is 0 Å². The Morgan fingerprint density at radius 3 is 2.40 bits per heavy atom. The van der Waals surface area contributed by atoms with E-state index in [1.54, 1.807) is 0 Å². The van der Waals surface area contributed by atoms with Gasteiger partial charge in [-0.3, -0.25) is 9.69 Å². The molecule has 1 atom stereocenters. The molecule has 0 spiro atoms. The first kappa shape index (κ1) is 13.5. The molecule has 0 aliphatic carbocycles. The van der Waals surface area contributed by atoms with Crippen molar-refractivity contribution in [2.24, 2.45) is 0 Å². The number of aldehydes is 1. The first-order valence-electron chi connectivity index (χ1n) is 7.41. The summed E-state index contributed by atoms with van der Waals surface area (Å²) in [5.41, 5.74) is 3.45. The second-order valence-electron chi connectivity index (χ2n) is 5.64. The van der Waals surface area contributed by atoms with E-state index in [1.165, 1.54) is 17.6 Å². The summed E-state index contributed by atoms with van der Waals surface area (Å²) in [6.45, 7) is 4.12. The van der Waals surface area contributed by atoms with Gasteiger partial charge in [0.1, 0.15) is 6.29 Å². The van der Waals surface area contributed by atoms with E-state index in [1.807, 2.05) is 24.3 Å². The minimum atomic E-state index is 0.642. The van der Waals surface area contributed by atoms with Gasteiger partial charge in [0.05, 0.1) is 6.61 Å². The number of hydrogen-bond acceptors (Lipinski definition) is 3. The molecular formula is C17H21NO2. The largest absolute Gasteiger partial charge is 0.380 e. The fourth-order valence-corrected chi connectivity index (χ4v) is 3.04. The monoisotopic (exact) mass is 271 g/mol. The van der Waals surface area contributed by atoms with Crippen molar-refractivity contribution in [3.05, 3.63) is 41.0 Å². The molecule has 3 heteroatoms. The zero-order valence-corrected chi connectivity index (χ0v) is 11.8. The SMILES string of the molecule is O=Cc1ccc(C=C2CCN(C3CCOC3)CC2)cc1. The van der Waals surface area contributed by atoms with Crippen LogP contribution in [-0.4, -0.2) is 43.5 Å². The molecule has 1 unspecified atom stereocenters. The number of likely N-dealkylation sites (tertiary alicyclic amines) is 1. The van der Waals surface area contributed by atoms with Gasteiger partial charge in [-0.05, 0) is 24.8 Å². The lowest BCUT2D eigenvalue weighted by molar-refractivity contribution is 0.112. The topological polar surface area (TPSA) is 29.5 Å². The Bertz CT molecular complexity index is 476. The van der Waals surface area contributed by atoms with Crippen LogP contribution in [0.3, 0.4) is 0 Å². The summed E-state index contributed by atoms with van der Waals surface area (Å²) in [4.78, 5) is 13.2. The van der Waals surface area contributed by atoms with Crippen LogP contribution in [0.25, 0.3) is 6.08 Å². The Morgan fingerprint density at radius 1 is 1.10 bits per heavy atom. The Morgan fingerprint density at radius 2 is 1.80 bits per heavy atom. The Balaban J connectivity index is 1.58. The van der Waals surface area contributed by atoms with E-state index in [0.717, 1.165) is 51.0 Å². The molecule has 0 bridgehead atoms. The molecule has 1 aromatic carbocycles. The predicted molar refractivity (Wildman–Crippen MR) is 79.8 cm³/mol. The summed E-state index contributed by atoms with van der Waals surface area (Å²) in [6.07, 6.45) is 6.64. The molecule has 2 aliphatic rings. The van der Waals surface area contributed by atoms with Gasteiger partial charge in [-0.25, -0.2) is 0 Å². The minimum Gasteiger partial charge on any atom is -0.380 e. The van der Waals surface area contributed by atoms with Gasteiger partial charge >= 0.3 is 0 Å². The van der Waals surface area contributed by atoms with Crippen LogP contribution in [0, 0.1) is 0 Å². The molecule has 0 saturated carbocycles. The maximum Gasteiger partial charge on any atom is 0.150 e. The van der Waals surface area contributed by atoms with E-state index in [-0.39, 0.29) is 0 Å². The van der Waals surface area contributed by atoms with Crippen LogP contribution in [0.1, 0.15) is 35.2 Å². The maximum atomic E-state index is 10.6. The third-order valence-electron chi connectivity index (χ3n) is 4.31. The molecule has 0 amide bonds. The van der Waals surface area contributed by atoms with Crippen molar-refractivity contribution in [2.45, 2.75) is 25.3 Å². The molecule has 0 radical (unpaired) electrons. The molecular weight excluding hydrogens is 250 g/mol. The lowest BCUT2D eigenvalue weighted by atomic mass is 9.99. The van der Waals surface area contributed by atoms with Gasteiger partial charge in [0.25, 0.3) is 0 Å². The van der Waals surface area contributed by atoms with Crippen molar-refractivity contribution in [2.75, 3.05) is 26.3 Å². The van der Waals surface area contributed by atoms with Crippen LogP contribution in [0.5, 0.6) is 0 Å². The van der Waals surface area contributed by atoms with Crippen molar-refractivity contribution in [1.29, 1.82) is 0 Å². The van der Waals surface area contributed by atoms with Crippen molar-refractivity contribution >= 4 is 12.4 Å². The Kier molecular flexibility index (Phi) is 4.28. The molecule has 2 aliphatic heterocycles. The highest BCUT2D eigenvalue weighted by atomic mass is 16.5. The summed E-state index contributed by atoms with van der Waals surface area (Å²) < 4.78 is 5.47. The van der Waals surface area contributed by atoms with Crippen LogP contribution in [0.2, 0.25) is 0 Å². The van der Waals surface area contributed by atoms with Gasteiger partial charge in [-0.2, -0.15) is 0 Å². The summed E-state index contributed by atoms with van der Waals surface area (Å²) in [7, 11) is 0. The van der Waals surface area contributed by atoms with Gasteiger partial charge in [-0.1, -0.05) is 35.9 Å². The highest BCUT2D eigenvalue weighted by Crippen LogP contribution is 2.23. The lowest BCUT2D eigenvalue weighted by Gasteiger charge is -2.32. The second-order valence-corrected chi connectivity index (χ2v) is 5.64. The summed E-state index contributed by atoms with van der Waals surface area (Å²) in [5, 5.41) is 0. The zero-order valence-electron chi connectivity index (χ0n) is 11.8. The van der Waals surface area contributed by atoms with Crippen LogP contribution in [-0.2, 0) is 4.74 Å². The predicted octanol–water partition coefficient (Wildman–Crippen LogP) is 2.77. The zero-order chi connectivity index (χ0) is 13.8. The van der Waals surface area contributed by atoms with E-state index in [9.17, 15) is 4.79 Å². The number of ether oxygens (including phenoxy) is 1. The van der Waals surface area contributed by atoms with Crippen molar-refractivity contribution in [3.63, 3.8) is 0 Å². The van der Waals surface area contributed by atoms with Gasteiger partial charge in [0.15, 0.2) is 0 Å². The maximum absolute atomic E-state index is 10.6. The van der Waals surface area contributed by atoms with Gasteiger partial charge in [0.2, 0.25) is 0 Å². The second kappa shape index (κ2) is 6.33. The molecule has 2 saturated heterocycles. The first-order chi connectivity index (χ1) is 9.85. The first-order valence-corrected chi connectivity index (χ1v) is 7.41. The number of carbonyl (C=O) groups excluding carboxylic acids is 1. The van der Waals surface area contributed by atoms with Crippen LogP contribution >= 0.6 is 0 Å². The van der Waals surface area contributed by atoms with Crippen molar-refractivity contribution in [3.8, 4) is 0 Å². The summed E-state index contributed by atoms with van der Waals surface area (Å²) in [6, 6.07) is 8.44. The fraction of sp³-hybridized carbons (Fsp3) is 0.471. The van der Waals surface area contributed by atoms with E-state index in [2.05, 4.69) is 11.0 Å². The smallest absolute Gasteiger partial charge is 0.150 e. The number of nitrogens with zero attached hydrogens (tertiary/aromatic N) is 1. The molecule has 0 aromatic heterocycles. The van der Waals surface area contributed by atoms with Crippen LogP contribution in [0.15, 0.2) is 29.8 Å². The molecule has 0 N–H and O–H groups in total. The number of carbonyl (C=O) groups is 1. The quantitative estimate of drug-likeness (QED) is 0.792. The minimum absolute atomic E-state index is 0.642. The third-order valence-corrected chi connectivity index (χ3v) is 4.31. The van der Waals surface area contributed by atoms with Crippen molar-refractivity contribution in [1.82, 2.24) is 4.90 Å². The molecule has 106 valence electrons. The van der Waals surface area contributed by atoms with E-state index in [0.29, 0.717) is 6.04 Å². The number of rotatable bonds is 3.